The average molecular weight is 351 g/mol. The van der Waals surface area contributed by atoms with Crippen LogP contribution in [-0.4, -0.2) is 25.6 Å². The molecule has 1 aromatic carbocycles. The Labute approximate surface area is 153 Å². The van der Waals surface area contributed by atoms with Crippen LogP contribution in [0.25, 0.3) is 16.9 Å². The summed E-state index contributed by atoms with van der Waals surface area (Å²) in [6.07, 6.45) is 3.58. The van der Waals surface area contributed by atoms with Gasteiger partial charge in [-0.3, -0.25) is 9.36 Å². The van der Waals surface area contributed by atoms with Crippen molar-refractivity contribution in [3.05, 3.63) is 53.0 Å². The van der Waals surface area contributed by atoms with E-state index in [4.69, 9.17) is 15.1 Å². The van der Waals surface area contributed by atoms with Gasteiger partial charge in [0.05, 0.1) is 0 Å². The number of aryl methyl sites for hydroxylation is 4. The Hall–Kier alpha value is -2.69. The van der Waals surface area contributed by atoms with Gasteiger partial charge in [-0.15, -0.1) is 0 Å². The van der Waals surface area contributed by atoms with Crippen molar-refractivity contribution >= 4 is 17.1 Å². The highest BCUT2D eigenvalue weighted by Crippen LogP contribution is 2.23. The first kappa shape index (κ1) is 18.1. The zero-order valence-corrected chi connectivity index (χ0v) is 15.6. The van der Waals surface area contributed by atoms with Gasteiger partial charge >= 0.3 is 5.97 Å². The average Bonchev–Trinajstić information content (AvgIpc) is 2.97. The Morgan fingerprint density at radius 3 is 2.50 bits per heavy atom. The van der Waals surface area contributed by atoms with E-state index in [1.54, 1.807) is 0 Å². The molecule has 5 heteroatoms. The number of carboxylic acid groups (broad SMARTS) is 1. The fraction of sp³-hybridized carbons (Fsp3) is 0.381. The molecule has 2 heterocycles. The van der Waals surface area contributed by atoms with Crippen LogP contribution in [-0.2, 0) is 17.6 Å². The van der Waals surface area contributed by atoms with Crippen molar-refractivity contribution in [2.75, 3.05) is 0 Å². The molecule has 136 valence electrons. The SMILES string of the molecule is CCc1nc2cc(C)c(C)nc2n1-c1ccc(CCCCC(=O)O)cc1. The quantitative estimate of drug-likeness (QED) is 0.641. The van der Waals surface area contributed by atoms with Gasteiger partial charge in [-0.05, 0) is 62.4 Å². The molecule has 5 nitrogen and oxygen atoms in total. The number of benzene rings is 1. The van der Waals surface area contributed by atoms with Gasteiger partial charge in [-0.1, -0.05) is 19.1 Å². The third-order valence-electron chi connectivity index (χ3n) is 4.76. The van der Waals surface area contributed by atoms with Crippen LogP contribution in [0.4, 0.5) is 0 Å². The van der Waals surface area contributed by atoms with E-state index in [0.29, 0.717) is 6.42 Å². The van der Waals surface area contributed by atoms with E-state index in [1.165, 1.54) is 5.56 Å². The van der Waals surface area contributed by atoms with Gasteiger partial charge in [-0.25, -0.2) is 9.97 Å². The summed E-state index contributed by atoms with van der Waals surface area (Å²) < 4.78 is 2.13. The van der Waals surface area contributed by atoms with E-state index < -0.39 is 5.97 Å². The van der Waals surface area contributed by atoms with Crippen molar-refractivity contribution in [3.8, 4) is 5.69 Å². The van der Waals surface area contributed by atoms with E-state index in [1.807, 2.05) is 6.92 Å². The smallest absolute Gasteiger partial charge is 0.303 e. The number of fused-ring (bicyclic) bond motifs is 1. The summed E-state index contributed by atoms with van der Waals surface area (Å²) in [7, 11) is 0. The lowest BCUT2D eigenvalue weighted by molar-refractivity contribution is -0.137. The molecule has 3 rings (SSSR count). The van der Waals surface area contributed by atoms with Crippen LogP contribution in [0.3, 0.4) is 0 Å². The van der Waals surface area contributed by atoms with Crippen LogP contribution in [0.2, 0.25) is 0 Å². The second kappa shape index (κ2) is 7.68. The monoisotopic (exact) mass is 351 g/mol. The molecule has 0 spiro atoms. The first-order chi connectivity index (χ1) is 12.5. The van der Waals surface area contributed by atoms with E-state index in [0.717, 1.165) is 53.2 Å². The number of pyridine rings is 1. The number of aliphatic carboxylic acids is 1. The number of rotatable bonds is 7. The van der Waals surface area contributed by atoms with Gasteiger partial charge in [0.1, 0.15) is 11.3 Å². The Kier molecular flexibility index (Phi) is 5.35. The minimum absolute atomic E-state index is 0.239. The van der Waals surface area contributed by atoms with Crippen molar-refractivity contribution in [2.45, 2.75) is 52.9 Å². The normalized spacial score (nSPS) is 11.2. The van der Waals surface area contributed by atoms with Crippen LogP contribution < -0.4 is 0 Å². The summed E-state index contributed by atoms with van der Waals surface area (Å²) in [6.45, 7) is 6.19. The summed E-state index contributed by atoms with van der Waals surface area (Å²) in [4.78, 5) is 20.1. The Bertz CT molecular complexity index is 927. The molecular weight excluding hydrogens is 326 g/mol. The van der Waals surface area contributed by atoms with E-state index in [-0.39, 0.29) is 6.42 Å². The molecule has 2 aromatic heterocycles. The Balaban J connectivity index is 1.87. The van der Waals surface area contributed by atoms with Gasteiger partial charge in [-0.2, -0.15) is 0 Å². The summed E-state index contributed by atoms with van der Waals surface area (Å²) >= 11 is 0. The van der Waals surface area contributed by atoms with Crippen molar-refractivity contribution in [2.24, 2.45) is 0 Å². The molecule has 0 aliphatic heterocycles. The lowest BCUT2D eigenvalue weighted by Gasteiger charge is -2.09. The molecule has 0 atom stereocenters. The molecule has 0 radical (unpaired) electrons. The molecule has 3 aromatic rings. The molecule has 0 aliphatic rings. The van der Waals surface area contributed by atoms with Gasteiger partial charge in [0, 0.05) is 24.2 Å². The second-order valence-electron chi connectivity index (χ2n) is 6.72. The molecular formula is C21H25N3O2. The predicted molar refractivity (Wildman–Crippen MR) is 103 cm³/mol. The molecule has 26 heavy (non-hydrogen) atoms. The fourth-order valence-corrected chi connectivity index (χ4v) is 3.16. The highest BCUT2D eigenvalue weighted by Gasteiger charge is 2.13. The second-order valence-corrected chi connectivity index (χ2v) is 6.72. The van der Waals surface area contributed by atoms with Crippen molar-refractivity contribution < 1.29 is 9.90 Å². The van der Waals surface area contributed by atoms with Gasteiger partial charge in [0.15, 0.2) is 5.65 Å². The minimum Gasteiger partial charge on any atom is -0.481 e. The fourth-order valence-electron chi connectivity index (χ4n) is 3.16. The maximum atomic E-state index is 10.6. The van der Waals surface area contributed by atoms with Gasteiger partial charge < -0.3 is 5.11 Å². The van der Waals surface area contributed by atoms with Crippen molar-refractivity contribution in [1.29, 1.82) is 0 Å². The summed E-state index contributed by atoms with van der Waals surface area (Å²) in [6, 6.07) is 10.5. The molecule has 0 aliphatic carbocycles. The highest BCUT2D eigenvalue weighted by atomic mass is 16.4. The topological polar surface area (TPSA) is 68.0 Å². The molecule has 0 unspecified atom stereocenters. The number of hydrogen-bond acceptors (Lipinski definition) is 3. The molecule has 0 bridgehead atoms. The maximum absolute atomic E-state index is 10.6. The molecule has 1 N–H and O–H groups in total. The third-order valence-corrected chi connectivity index (χ3v) is 4.76. The molecule has 0 saturated carbocycles. The zero-order chi connectivity index (χ0) is 18.7. The third kappa shape index (κ3) is 3.77. The number of carbonyl (C=O) groups is 1. The van der Waals surface area contributed by atoms with Crippen LogP contribution in [0, 0.1) is 13.8 Å². The van der Waals surface area contributed by atoms with Crippen molar-refractivity contribution in [1.82, 2.24) is 14.5 Å². The van der Waals surface area contributed by atoms with Crippen LogP contribution in [0.15, 0.2) is 30.3 Å². The number of unbranched alkanes of at least 4 members (excludes halogenated alkanes) is 1. The van der Waals surface area contributed by atoms with Crippen LogP contribution >= 0.6 is 0 Å². The summed E-state index contributed by atoms with van der Waals surface area (Å²) in [5, 5.41) is 8.71. The van der Waals surface area contributed by atoms with E-state index >= 15 is 0 Å². The first-order valence-electron chi connectivity index (χ1n) is 9.16. The Morgan fingerprint density at radius 2 is 1.85 bits per heavy atom. The van der Waals surface area contributed by atoms with E-state index in [2.05, 4.69) is 48.7 Å². The molecule has 0 saturated heterocycles. The standard InChI is InChI=1S/C21H25N3O2/c1-4-19-23-18-13-14(2)15(3)22-21(18)24(19)17-11-9-16(10-12-17)7-5-6-8-20(25)26/h9-13H,4-8H2,1-3H3,(H,25,26). The summed E-state index contributed by atoms with van der Waals surface area (Å²) in [5.41, 5.74) is 6.30. The maximum Gasteiger partial charge on any atom is 0.303 e. The molecule has 0 amide bonds. The number of hydrogen-bond donors (Lipinski definition) is 1. The van der Waals surface area contributed by atoms with Crippen LogP contribution in [0.1, 0.15) is 48.8 Å². The van der Waals surface area contributed by atoms with E-state index in [9.17, 15) is 4.79 Å². The Morgan fingerprint density at radius 1 is 1.12 bits per heavy atom. The van der Waals surface area contributed by atoms with Crippen molar-refractivity contribution in [3.63, 3.8) is 0 Å². The molecule has 0 fully saturated rings. The largest absolute Gasteiger partial charge is 0.481 e. The van der Waals surface area contributed by atoms with Crippen LogP contribution in [0.5, 0.6) is 0 Å². The van der Waals surface area contributed by atoms with Gasteiger partial charge in [0.2, 0.25) is 0 Å². The number of carboxylic acids is 1. The lowest BCUT2D eigenvalue weighted by atomic mass is 10.1. The zero-order valence-electron chi connectivity index (χ0n) is 15.6. The first-order valence-corrected chi connectivity index (χ1v) is 9.16. The lowest BCUT2D eigenvalue weighted by Crippen LogP contribution is -2.02. The highest BCUT2D eigenvalue weighted by molar-refractivity contribution is 5.75. The minimum atomic E-state index is -0.725. The van der Waals surface area contributed by atoms with Gasteiger partial charge in [0.25, 0.3) is 0 Å². The predicted octanol–water partition coefficient (Wildman–Crippen LogP) is 4.40. The summed E-state index contributed by atoms with van der Waals surface area (Å²) in [5.74, 6) is 0.282. The number of aromatic nitrogens is 3. The number of nitrogens with zero attached hydrogens (tertiary/aromatic N) is 3. The number of imidazole rings is 1.